The van der Waals surface area contributed by atoms with Crippen molar-refractivity contribution in [1.29, 1.82) is 0 Å². The first-order valence-corrected chi connectivity index (χ1v) is 7.15. The van der Waals surface area contributed by atoms with Gasteiger partial charge in [-0.25, -0.2) is 0 Å². The van der Waals surface area contributed by atoms with Crippen molar-refractivity contribution >= 4 is 0 Å². The molecular formula is C9H20I+. The van der Waals surface area contributed by atoms with Crippen LogP contribution in [0.2, 0.25) is 0 Å². The van der Waals surface area contributed by atoms with Crippen LogP contribution >= 0.6 is 0 Å². The molecule has 0 saturated carbocycles. The van der Waals surface area contributed by atoms with Crippen LogP contribution < -0.4 is 21.2 Å². The molecule has 0 heterocycles. The monoisotopic (exact) mass is 255 g/mol. The second-order valence-electron chi connectivity index (χ2n) is 3.81. The van der Waals surface area contributed by atoms with Crippen molar-refractivity contribution in [1.82, 2.24) is 0 Å². The van der Waals surface area contributed by atoms with E-state index in [0.717, 1.165) is 0 Å². The summed E-state index contributed by atoms with van der Waals surface area (Å²) < 4.78 is 3.00. The molecule has 0 aliphatic rings. The van der Waals surface area contributed by atoms with Crippen LogP contribution in [-0.4, -0.2) is 8.86 Å². The lowest BCUT2D eigenvalue weighted by atomic mass is 9.91. The molecule has 0 aromatic carbocycles. The molecule has 0 nitrogen and oxygen atoms in total. The maximum atomic E-state index is 2.33. The lowest BCUT2D eigenvalue weighted by molar-refractivity contribution is -0.652. The molecule has 10 heavy (non-hydrogen) atoms. The zero-order valence-corrected chi connectivity index (χ0v) is 9.86. The van der Waals surface area contributed by atoms with Gasteiger partial charge in [0.15, 0.2) is 0 Å². The maximum Gasteiger partial charge on any atom is 0.268 e. The highest BCUT2D eigenvalue weighted by molar-refractivity contribution is 4.59. The van der Waals surface area contributed by atoms with Crippen molar-refractivity contribution in [2.45, 2.75) is 40.5 Å². The number of hydrogen-bond donors (Lipinski definition) is 0. The Morgan fingerprint density at radius 3 is 2.20 bits per heavy atom. The first-order valence-electron chi connectivity index (χ1n) is 4.10. The summed E-state index contributed by atoms with van der Waals surface area (Å²) >= 11 is 0.573. The van der Waals surface area contributed by atoms with Gasteiger partial charge < -0.3 is 0 Å². The van der Waals surface area contributed by atoms with Gasteiger partial charge in [-0.3, -0.25) is 0 Å². The van der Waals surface area contributed by atoms with Crippen molar-refractivity contribution in [3.63, 3.8) is 0 Å². The SMILES string of the molecule is CC[I+]CCCC(C)(C)C. The third-order valence-electron chi connectivity index (χ3n) is 1.38. The van der Waals surface area contributed by atoms with Gasteiger partial charge in [-0.05, 0) is 25.2 Å². The molecule has 0 aromatic rings. The van der Waals surface area contributed by atoms with Crippen molar-refractivity contribution in [3.05, 3.63) is 0 Å². The van der Waals surface area contributed by atoms with Gasteiger partial charge in [0, 0.05) is 0 Å². The fraction of sp³-hybridized carbons (Fsp3) is 1.00. The van der Waals surface area contributed by atoms with Crippen LogP contribution in [-0.2, 0) is 0 Å². The second kappa shape index (κ2) is 5.39. The first kappa shape index (κ1) is 10.7. The van der Waals surface area contributed by atoms with E-state index in [1.54, 1.807) is 0 Å². The zero-order valence-electron chi connectivity index (χ0n) is 7.71. The molecule has 0 atom stereocenters. The zero-order chi connectivity index (χ0) is 8.04. The molecular weight excluding hydrogens is 235 g/mol. The normalized spacial score (nSPS) is 12.0. The number of halogens is 1. The van der Waals surface area contributed by atoms with Gasteiger partial charge in [-0.1, -0.05) is 20.8 Å². The van der Waals surface area contributed by atoms with Gasteiger partial charge in [0.1, 0.15) is 8.86 Å². The molecule has 0 aliphatic carbocycles. The maximum absolute atomic E-state index is 2.33. The molecule has 0 radical (unpaired) electrons. The Kier molecular flexibility index (Phi) is 5.78. The molecule has 0 amide bonds. The van der Waals surface area contributed by atoms with Gasteiger partial charge in [-0.2, -0.15) is 0 Å². The minimum Gasteiger partial charge on any atom is -0.0602 e. The van der Waals surface area contributed by atoms with Crippen molar-refractivity contribution < 1.29 is 21.2 Å². The summed E-state index contributed by atoms with van der Waals surface area (Å²) in [5.41, 5.74) is 0.567. The molecule has 0 fully saturated rings. The predicted molar refractivity (Wildman–Crippen MR) is 44.1 cm³/mol. The molecule has 0 unspecified atom stereocenters. The Morgan fingerprint density at radius 1 is 1.20 bits per heavy atom. The fourth-order valence-corrected chi connectivity index (χ4v) is 2.51. The Bertz CT molecular complexity index is 71.3. The van der Waals surface area contributed by atoms with E-state index in [-0.39, 0.29) is 0 Å². The summed E-state index contributed by atoms with van der Waals surface area (Å²) in [6, 6.07) is 0. The van der Waals surface area contributed by atoms with Gasteiger partial charge in [0.2, 0.25) is 0 Å². The van der Waals surface area contributed by atoms with E-state index in [1.165, 1.54) is 21.7 Å². The van der Waals surface area contributed by atoms with Crippen molar-refractivity contribution in [2.24, 2.45) is 5.41 Å². The summed E-state index contributed by atoms with van der Waals surface area (Å²) in [6.07, 6.45) is 2.87. The van der Waals surface area contributed by atoms with E-state index in [2.05, 4.69) is 27.7 Å². The quantitative estimate of drug-likeness (QED) is 0.374. The van der Waals surface area contributed by atoms with Crippen LogP contribution in [0.15, 0.2) is 0 Å². The van der Waals surface area contributed by atoms with E-state index in [9.17, 15) is 0 Å². The summed E-state index contributed by atoms with van der Waals surface area (Å²) in [7, 11) is 0. The van der Waals surface area contributed by atoms with E-state index in [1.807, 2.05) is 0 Å². The number of alkyl halides is 2. The van der Waals surface area contributed by atoms with Crippen molar-refractivity contribution in [2.75, 3.05) is 8.86 Å². The third kappa shape index (κ3) is 8.73. The van der Waals surface area contributed by atoms with Crippen LogP contribution in [0.4, 0.5) is 0 Å². The Hall–Kier alpha value is 0.730. The highest BCUT2D eigenvalue weighted by atomic mass is 127. The standard InChI is InChI=1S/C9H20I/c1-5-10-8-6-7-9(2,3)4/h5-8H2,1-4H3/q+1. The molecule has 0 saturated heterocycles. The first-order chi connectivity index (χ1) is 4.56. The minimum atomic E-state index is 0.567. The van der Waals surface area contributed by atoms with Crippen LogP contribution in [0.25, 0.3) is 0 Å². The average Bonchev–Trinajstić information content (AvgIpc) is 1.78. The lowest BCUT2D eigenvalue weighted by Crippen LogP contribution is -3.63. The van der Waals surface area contributed by atoms with Crippen LogP contribution in [0.3, 0.4) is 0 Å². The second-order valence-corrected chi connectivity index (χ2v) is 7.49. The molecule has 0 aliphatic heterocycles. The smallest absolute Gasteiger partial charge is 0.0602 e. The average molecular weight is 255 g/mol. The Balaban J connectivity index is 3.04. The minimum absolute atomic E-state index is 0.567. The fourth-order valence-electron chi connectivity index (χ4n) is 0.825. The van der Waals surface area contributed by atoms with Crippen LogP contribution in [0.1, 0.15) is 40.5 Å². The summed E-state index contributed by atoms with van der Waals surface area (Å²) in [4.78, 5) is 0. The van der Waals surface area contributed by atoms with Gasteiger partial charge in [0.25, 0.3) is 21.2 Å². The highest BCUT2D eigenvalue weighted by Gasteiger charge is 2.11. The summed E-state index contributed by atoms with van der Waals surface area (Å²) in [5.74, 6) is 0. The molecule has 0 spiro atoms. The van der Waals surface area contributed by atoms with Crippen LogP contribution in [0, 0.1) is 5.41 Å². The summed E-state index contributed by atoms with van der Waals surface area (Å²) in [5, 5.41) is 0. The lowest BCUT2D eigenvalue weighted by Gasteiger charge is -2.15. The van der Waals surface area contributed by atoms with Gasteiger partial charge in [-0.15, -0.1) is 0 Å². The van der Waals surface area contributed by atoms with E-state index < -0.39 is 0 Å². The highest BCUT2D eigenvalue weighted by Crippen LogP contribution is 2.19. The van der Waals surface area contributed by atoms with E-state index >= 15 is 0 Å². The largest absolute Gasteiger partial charge is 0.268 e. The summed E-state index contributed by atoms with van der Waals surface area (Å²) in [6.45, 7) is 9.30. The predicted octanol–water partition coefficient (Wildman–Crippen LogP) is -0.0784. The van der Waals surface area contributed by atoms with E-state index in [4.69, 9.17) is 0 Å². The van der Waals surface area contributed by atoms with Crippen molar-refractivity contribution in [3.8, 4) is 0 Å². The molecule has 0 bridgehead atoms. The number of hydrogen-bond acceptors (Lipinski definition) is 0. The topological polar surface area (TPSA) is 0 Å². The molecule has 0 aromatic heterocycles. The molecule has 62 valence electrons. The molecule has 0 N–H and O–H groups in total. The van der Waals surface area contributed by atoms with Gasteiger partial charge in [0.05, 0.1) is 0 Å². The van der Waals surface area contributed by atoms with Crippen LogP contribution in [0.5, 0.6) is 0 Å². The molecule has 1 heteroatoms. The van der Waals surface area contributed by atoms with Gasteiger partial charge >= 0.3 is 0 Å². The molecule has 0 rings (SSSR count). The Morgan fingerprint density at radius 2 is 1.80 bits per heavy atom. The number of rotatable bonds is 4. The Labute approximate surface area is 76.0 Å². The third-order valence-corrected chi connectivity index (χ3v) is 3.99. The van der Waals surface area contributed by atoms with E-state index in [0.29, 0.717) is 26.6 Å².